The Kier molecular flexibility index (Phi) is 15.4. The Morgan fingerprint density at radius 3 is 2.38 bits per heavy atom. The lowest BCUT2D eigenvalue weighted by Crippen LogP contribution is -2.31. The highest BCUT2D eigenvalue weighted by atomic mass is 19.4. The molecule has 3 nitrogen and oxygen atoms in total. The summed E-state index contributed by atoms with van der Waals surface area (Å²) in [6, 6.07) is 2.60. The number of allylic oxidation sites excluding steroid dienone is 4. The summed E-state index contributed by atoms with van der Waals surface area (Å²) in [5.74, 6) is 0.131. The van der Waals surface area contributed by atoms with Gasteiger partial charge in [-0.05, 0) is 58.2 Å². The van der Waals surface area contributed by atoms with Gasteiger partial charge in [-0.25, -0.2) is 0 Å². The van der Waals surface area contributed by atoms with Crippen LogP contribution >= 0.6 is 0 Å². The van der Waals surface area contributed by atoms with Crippen LogP contribution in [0, 0.1) is 5.92 Å². The van der Waals surface area contributed by atoms with E-state index in [1.54, 1.807) is 0 Å². The van der Waals surface area contributed by atoms with Gasteiger partial charge in [-0.2, -0.15) is 22.0 Å². The van der Waals surface area contributed by atoms with Crippen LogP contribution in [0.3, 0.4) is 0 Å². The van der Waals surface area contributed by atoms with E-state index in [2.05, 4.69) is 30.8 Å². The molecule has 0 radical (unpaired) electrons. The van der Waals surface area contributed by atoms with Crippen LogP contribution in [0.1, 0.15) is 97.2 Å². The maximum Gasteiger partial charge on any atom is 0.416 e. The molecule has 0 heterocycles. The van der Waals surface area contributed by atoms with Crippen LogP contribution in [-0.4, -0.2) is 31.1 Å². The van der Waals surface area contributed by atoms with Crippen molar-refractivity contribution in [3.05, 3.63) is 64.9 Å². The second-order valence-electron chi connectivity index (χ2n) is 10.3. The molecule has 0 bridgehead atoms. The zero-order chi connectivity index (χ0) is 29.6. The molecule has 0 fully saturated rings. The highest BCUT2D eigenvalue weighted by molar-refractivity contribution is 5.44. The molecule has 3 atom stereocenters. The van der Waals surface area contributed by atoms with Crippen molar-refractivity contribution in [2.45, 2.75) is 105 Å². The van der Waals surface area contributed by atoms with E-state index in [-0.39, 0.29) is 5.56 Å². The average Bonchev–Trinajstić information content (AvgIpc) is 2.86. The third-order valence-corrected chi connectivity index (χ3v) is 6.86. The van der Waals surface area contributed by atoms with Crippen LogP contribution in [0.4, 0.5) is 22.0 Å². The van der Waals surface area contributed by atoms with E-state index in [9.17, 15) is 22.0 Å². The van der Waals surface area contributed by atoms with Gasteiger partial charge < -0.3 is 10.1 Å². The molecule has 0 aliphatic heterocycles. The van der Waals surface area contributed by atoms with Crippen LogP contribution in [0.25, 0.3) is 0 Å². The molecule has 0 aliphatic rings. The van der Waals surface area contributed by atoms with Crippen molar-refractivity contribution in [2.24, 2.45) is 5.92 Å². The summed E-state index contributed by atoms with van der Waals surface area (Å²) in [7, 11) is 1.83. The fraction of sp³-hybridized carbons (Fsp3) is 0.613. The predicted octanol–water partition coefficient (Wildman–Crippen LogP) is 9.68. The summed E-state index contributed by atoms with van der Waals surface area (Å²) < 4.78 is 71.2. The van der Waals surface area contributed by atoms with Gasteiger partial charge in [0.05, 0.1) is 11.6 Å². The molecule has 0 saturated carbocycles. The molecule has 3 unspecified atom stereocenters. The first-order valence-corrected chi connectivity index (χ1v) is 14.0. The van der Waals surface area contributed by atoms with Gasteiger partial charge in [0, 0.05) is 23.8 Å². The number of halogens is 5. The second-order valence-corrected chi connectivity index (χ2v) is 10.3. The van der Waals surface area contributed by atoms with Gasteiger partial charge in [-0.1, -0.05) is 82.9 Å². The molecule has 8 heteroatoms. The molecule has 0 spiro atoms. The number of hydrogen-bond donors (Lipinski definition) is 1. The van der Waals surface area contributed by atoms with Crippen molar-refractivity contribution >= 4 is 0 Å². The number of unbranched alkanes of at least 4 members (excludes halogenated alkanes) is 1. The molecule has 1 rings (SSSR count). The highest BCUT2D eigenvalue weighted by Crippen LogP contribution is 2.39. The van der Waals surface area contributed by atoms with Crippen LogP contribution in [-0.2, 0) is 6.18 Å². The zero-order valence-corrected chi connectivity index (χ0v) is 24.5. The molecule has 0 aliphatic carbocycles. The topological polar surface area (TPSA) is 24.5 Å². The predicted molar refractivity (Wildman–Crippen MR) is 151 cm³/mol. The Labute approximate surface area is 232 Å². The molecule has 222 valence electrons. The Morgan fingerprint density at radius 1 is 1.13 bits per heavy atom. The Morgan fingerprint density at radius 2 is 1.82 bits per heavy atom. The van der Waals surface area contributed by atoms with Crippen LogP contribution in [0.5, 0.6) is 5.75 Å². The lowest BCUT2D eigenvalue weighted by atomic mass is 9.95. The molecular weight excluding hydrogens is 511 g/mol. The van der Waals surface area contributed by atoms with Crippen molar-refractivity contribution < 1.29 is 26.7 Å². The molecular formula is C31H47F5N2O. The molecule has 0 amide bonds. The normalized spacial score (nSPS) is 15.7. The van der Waals surface area contributed by atoms with Crippen LogP contribution in [0.2, 0.25) is 0 Å². The van der Waals surface area contributed by atoms with E-state index in [0.717, 1.165) is 55.9 Å². The number of likely N-dealkylation sites (N-methyl/N-ethyl adjacent to an activating group) is 1. The SMILES string of the molecule is CC/C=C\C=C(/C)C(c1ccc(C(F)(F)F)cc1OC(F)F)N(C)C/C=C(\C)NC(CCCC)CC(C)CC. The van der Waals surface area contributed by atoms with Gasteiger partial charge in [0.1, 0.15) is 5.75 Å². The fourth-order valence-corrected chi connectivity index (χ4v) is 4.53. The van der Waals surface area contributed by atoms with Crippen molar-refractivity contribution in [3.63, 3.8) is 0 Å². The summed E-state index contributed by atoms with van der Waals surface area (Å²) in [5, 5.41) is 3.64. The molecule has 1 N–H and O–H groups in total. The standard InChI is InChI=1S/C31H47F5N2O/c1-8-11-13-14-23(5)29(27-17-16-25(31(34,35)36)21-28(27)39-30(32)33)38(7)19-18-24(6)37-26(15-12-9-2)20-22(4)10-3/h11,13-14,16-18,21-22,26,29-30,37H,8-10,12,15,19-20H2,1-7H3/b13-11-,23-14+,24-18+. The summed E-state index contributed by atoms with van der Waals surface area (Å²) in [5.41, 5.74) is 1.02. The summed E-state index contributed by atoms with van der Waals surface area (Å²) in [6.07, 6.45) is 9.38. The van der Waals surface area contributed by atoms with E-state index < -0.39 is 30.1 Å². The van der Waals surface area contributed by atoms with Crippen molar-refractivity contribution in [1.82, 2.24) is 10.2 Å². The minimum Gasteiger partial charge on any atom is -0.434 e. The number of ether oxygens (including phenoxy) is 1. The second kappa shape index (κ2) is 17.4. The number of rotatable bonds is 17. The van der Waals surface area contributed by atoms with Crippen LogP contribution in [0.15, 0.2) is 53.8 Å². The largest absolute Gasteiger partial charge is 0.434 e. The van der Waals surface area contributed by atoms with Gasteiger partial charge in [0.25, 0.3) is 0 Å². The number of alkyl halides is 5. The quantitative estimate of drug-likeness (QED) is 0.152. The molecule has 1 aromatic rings. The summed E-state index contributed by atoms with van der Waals surface area (Å²) in [4.78, 5) is 1.92. The van der Waals surface area contributed by atoms with Gasteiger partial charge in [-0.15, -0.1) is 0 Å². The molecule has 0 saturated heterocycles. The third-order valence-electron chi connectivity index (χ3n) is 6.86. The van der Waals surface area contributed by atoms with Crippen LogP contribution < -0.4 is 10.1 Å². The summed E-state index contributed by atoms with van der Waals surface area (Å²) in [6.45, 7) is 9.66. The van der Waals surface area contributed by atoms with Crippen molar-refractivity contribution in [1.29, 1.82) is 0 Å². The highest BCUT2D eigenvalue weighted by Gasteiger charge is 2.33. The van der Waals surface area contributed by atoms with Gasteiger partial charge in [0.2, 0.25) is 0 Å². The van der Waals surface area contributed by atoms with E-state index >= 15 is 0 Å². The Bertz CT molecular complexity index is 939. The maximum atomic E-state index is 13.4. The lowest BCUT2D eigenvalue weighted by Gasteiger charge is -2.31. The number of nitrogens with one attached hydrogen (secondary N) is 1. The van der Waals surface area contributed by atoms with Gasteiger partial charge >= 0.3 is 12.8 Å². The smallest absolute Gasteiger partial charge is 0.416 e. The molecule has 39 heavy (non-hydrogen) atoms. The fourth-order valence-electron chi connectivity index (χ4n) is 4.53. The van der Waals surface area contributed by atoms with Crippen molar-refractivity contribution in [3.8, 4) is 5.75 Å². The maximum absolute atomic E-state index is 13.4. The number of nitrogens with zero attached hydrogens (tertiary/aromatic N) is 1. The molecule has 0 aromatic heterocycles. The lowest BCUT2D eigenvalue weighted by molar-refractivity contribution is -0.138. The number of hydrogen-bond acceptors (Lipinski definition) is 3. The summed E-state index contributed by atoms with van der Waals surface area (Å²) >= 11 is 0. The zero-order valence-electron chi connectivity index (χ0n) is 24.5. The minimum absolute atomic E-state index is 0.251. The van der Waals surface area contributed by atoms with Gasteiger partial charge in [0.15, 0.2) is 0 Å². The average molecular weight is 559 g/mol. The third kappa shape index (κ3) is 12.6. The van der Waals surface area contributed by atoms with E-state index in [1.807, 2.05) is 57.0 Å². The van der Waals surface area contributed by atoms with Gasteiger partial charge in [-0.3, -0.25) is 4.90 Å². The van der Waals surface area contributed by atoms with E-state index in [1.165, 1.54) is 6.07 Å². The van der Waals surface area contributed by atoms with E-state index in [4.69, 9.17) is 0 Å². The first-order valence-electron chi connectivity index (χ1n) is 14.0. The van der Waals surface area contributed by atoms with Crippen molar-refractivity contribution in [2.75, 3.05) is 13.6 Å². The Balaban J connectivity index is 3.36. The number of benzene rings is 1. The van der Waals surface area contributed by atoms with E-state index in [0.29, 0.717) is 24.6 Å². The first-order chi connectivity index (χ1) is 18.3. The first kappa shape index (κ1) is 34.7. The Hall–Kier alpha value is -2.35. The minimum atomic E-state index is -4.68. The molecule has 1 aromatic carbocycles. The monoisotopic (exact) mass is 558 g/mol.